The average molecular weight is 482 g/mol. The molecule has 0 fully saturated rings. The molecule has 0 aliphatic carbocycles. The van der Waals surface area contributed by atoms with E-state index in [1.165, 1.54) is 24.3 Å². The van der Waals surface area contributed by atoms with E-state index in [-0.39, 0.29) is 16.3 Å². The van der Waals surface area contributed by atoms with Crippen molar-refractivity contribution in [2.45, 2.75) is 18.2 Å². The molecule has 0 unspecified atom stereocenters. The van der Waals surface area contributed by atoms with Gasteiger partial charge < -0.3 is 10.1 Å². The number of anilines is 2. The molecule has 174 valence electrons. The van der Waals surface area contributed by atoms with Crippen molar-refractivity contribution in [3.63, 3.8) is 0 Å². The van der Waals surface area contributed by atoms with Gasteiger partial charge in [0.25, 0.3) is 10.0 Å². The number of benzene rings is 3. The Morgan fingerprint density at radius 1 is 0.939 bits per heavy atom. The number of carbonyl (C=O) groups is 1. The van der Waals surface area contributed by atoms with Gasteiger partial charge in [0.1, 0.15) is 18.1 Å². The summed E-state index contributed by atoms with van der Waals surface area (Å²) in [5, 5.41) is 2.43. The Morgan fingerprint density at radius 2 is 1.52 bits per heavy atom. The molecule has 0 aliphatic heterocycles. The van der Waals surface area contributed by atoms with Crippen LogP contribution in [-0.2, 0) is 14.8 Å². The monoisotopic (exact) mass is 482 g/mol. The number of carbonyl (C=O) groups excluding carboxylic acids is 1. The summed E-state index contributed by atoms with van der Waals surface area (Å²) in [5.74, 6) is -1.84. The Balaban J connectivity index is 1.83. The fraction of sp³-hybridized carbons (Fsp3) is 0.136. The summed E-state index contributed by atoms with van der Waals surface area (Å²) in [4.78, 5) is 12.4. The third-order valence-electron chi connectivity index (χ3n) is 4.38. The lowest BCUT2D eigenvalue weighted by Crippen LogP contribution is -2.38. The highest BCUT2D eigenvalue weighted by Gasteiger charge is 2.31. The minimum atomic E-state index is -4.85. The molecule has 6 nitrogen and oxygen atoms in total. The minimum Gasteiger partial charge on any atom is -0.406 e. The van der Waals surface area contributed by atoms with Crippen molar-refractivity contribution >= 4 is 27.3 Å². The highest BCUT2D eigenvalue weighted by atomic mass is 32.2. The molecule has 0 atom stereocenters. The fourth-order valence-corrected chi connectivity index (χ4v) is 4.25. The van der Waals surface area contributed by atoms with Crippen molar-refractivity contribution in [1.29, 1.82) is 0 Å². The molecule has 1 amide bonds. The van der Waals surface area contributed by atoms with Gasteiger partial charge in [-0.1, -0.05) is 17.7 Å². The van der Waals surface area contributed by atoms with E-state index in [0.717, 1.165) is 46.3 Å². The van der Waals surface area contributed by atoms with Gasteiger partial charge in [-0.25, -0.2) is 12.8 Å². The Morgan fingerprint density at radius 3 is 2.06 bits per heavy atom. The van der Waals surface area contributed by atoms with Crippen LogP contribution in [0.5, 0.6) is 5.75 Å². The van der Waals surface area contributed by atoms with Crippen molar-refractivity contribution < 1.29 is 35.5 Å². The lowest BCUT2D eigenvalue weighted by molar-refractivity contribution is -0.274. The van der Waals surface area contributed by atoms with E-state index in [1.54, 1.807) is 12.1 Å². The molecule has 3 rings (SSSR count). The summed E-state index contributed by atoms with van der Waals surface area (Å²) in [6.45, 7) is 1.17. The molecule has 11 heteroatoms. The zero-order chi connectivity index (χ0) is 24.2. The van der Waals surface area contributed by atoms with Crippen molar-refractivity contribution in [3.8, 4) is 5.75 Å². The Labute approximate surface area is 187 Å². The lowest BCUT2D eigenvalue weighted by Gasteiger charge is -2.24. The number of hydrogen-bond donors (Lipinski definition) is 1. The summed E-state index contributed by atoms with van der Waals surface area (Å²) < 4.78 is 81.1. The summed E-state index contributed by atoms with van der Waals surface area (Å²) in [5.41, 5.74) is 1.20. The van der Waals surface area contributed by atoms with Crippen molar-refractivity contribution in [2.75, 3.05) is 16.2 Å². The second kappa shape index (κ2) is 9.49. The first kappa shape index (κ1) is 24.1. The SMILES string of the molecule is Cc1ccc(N(CC(=O)Nc2ccc(OC(F)(F)F)cc2)S(=O)(=O)c2ccc(F)cc2)cc1. The Bertz CT molecular complexity index is 1210. The predicted octanol–water partition coefficient (Wildman–Crippen LogP) is 4.87. The molecular formula is C22H18F4N2O4S. The molecule has 0 radical (unpaired) electrons. The minimum absolute atomic E-state index is 0.137. The Kier molecular flexibility index (Phi) is 6.92. The maximum atomic E-state index is 13.3. The molecule has 0 aromatic heterocycles. The normalized spacial score (nSPS) is 11.7. The molecule has 33 heavy (non-hydrogen) atoms. The largest absolute Gasteiger partial charge is 0.573 e. The molecule has 0 spiro atoms. The number of nitrogens with one attached hydrogen (secondary N) is 1. The summed E-state index contributed by atoms with van der Waals surface area (Å²) in [6, 6.07) is 14.9. The van der Waals surface area contributed by atoms with Crippen LogP contribution in [0.2, 0.25) is 0 Å². The van der Waals surface area contributed by atoms with Crippen LogP contribution in [0.4, 0.5) is 28.9 Å². The summed E-state index contributed by atoms with van der Waals surface area (Å²) in [7, 11) is -4.24. The zero-order valence-electron chi connectivity index (χ0n) is 17.1. The second-order valence-electron chi connectivity index (χ2n) is 6.92. The summed E-state index contributed by atoms with van der Waals surface area (Å²) in [6.07, 6.45) is -4.85. The first-order valence-corrected chi connectivity index (χ1v) is 10.9. The van der Waals surface area contributed by atoms with Gasteiger partial charge in [-0.3, -0.25) is 9.10 Å². The van der Waals surface area contributed by atoms with Gasteiger partial charge in [-0.15, -0.1) is 13.2 Å². The number of ether oxygens (including phenoxy) is 1. The maximum Gasteiger partial charge on any atom is 0.573 e. The topological polar surface area (TPSA) is 75.7 Å². The standard InChI is InChI=1S/C22H18F4N2O4S/c1-15-2-8-18(9-3-15)28(33(30,31)20-12-4-16(23)5-13-20)14-21(29)27-17-6-10-19(11-7-17)32-22(24,25)26/h2-13H,14H2,1H3,(H,27,29). The molecule has 0 heterocycles. The molecule has 0 bridgehead atoms. The molecular weight excluding hydrogens is 464 g/mol. The van der Waals surface area contributed by atoms with Gasteiger partial charge in [0, 0.05) is 5.69 Å². The van der Waals surface area contributed by atoms with Crippen molar-refractivity contribution in [1.82, 2.24) is 0 Å². The van der Waals surface area contributed by atoms with E-state index in [0.29, 0.717) is 0 Å². The number of aryl methyl sites for hydroxylation is 1. The molecule has 3 aromatic rings. The number of amides is 1. The molecule has 1 N–H and O–H groups in total. The number of halogens is 4. The third-order valence-corrected chi connectivity index (χ3v) is 6.17. The van der Waals surface area contributed by atoms with E-state index in [4.69, 9.17) is 0 Å². The number of rotatable bonds is 7. The van der Waals surface area contributed by atoms with Gasteiger partial charge in [-0.05, 0) is 67.6 Å². The maximum absolute atomic E-state index is 13.3. The fourth-order valence-electron chi connectivity index (χ4n) is 2.83. The number of alkyl halides is 3. The first-order valence-electron chi connectivity index (χ1n) is 9.45. The van der Waals surface area contributed by atoms with Crippen LogP contribution in [0.15, 0.2) is 77.7 Å². The smallest absolute Gasteiger partial charge is 0.406 e. The Hall–Kier alpha value is -3.60. The number of nitrogens with zero attached hydrogens (tertiary/aromatic N) is 1. The number of sulfonamides is 1. The van der Waals surface area contributed by atoms with E-state index in [1.807, 2.05) is 6.92 Å². The first-order chi connectivity index (χ1) is 15.4. The highest BCUT2D eigenvalue weighted by molar-refractivity contribution is 7.92. The molecule has 3 aromatic carbocycles. The zero-order valence-corrected chi connectivity index (χ0v) is 18.0. The van der Waals surface area contributed by atoms with Crippen LogP contribution in [0.1, 0.15) is 5.56 Å². The van der Waals surface area contributed by atoms with Crippen LogP contribution in [-0.4, -0.2) is 27.2 Å². The van der Waals surface area contributed by atoms with Crippen molar-refractivity contribution in [2.24, 2.45) is 0 Å². The molecule has 0 saturated heterocycles. The predicted molar refractivity (Wildman–Crippen MR) is 114 cm³/mol. The molecule has 0 saturated carbocycles. The van der Waals surface area contributed by atoms with Crippen LogP contribution >= 0.6 is 0 Å². The van der Waals surface area contributed by atoms with E-state index in [2.05, 4.69) is 10.1 Å². The van der Waals surface area contributed by atoms with E-state index in [9.17, 15) is 30.8 Å². The van der Waals surface area contributed by atoms with Gasteiger partial charge in [0.15, 0.2) is 0 Å². The van der Waals surface area contributed by atoms with E-state index < -0.39 is 40.4 Å². The highest BCUT2D eigenvalue weighted by Crippen LogP contribution is 2.26. The van der Waals surface area contributed by atoms with Gasteiger partial charge in [0.2, 0.25) is 5.91 Å². The van der Waals surface area contributed by atoms with Crippen LogP contribution in [0.3, 0.4) is 0 Å². The number of hydrogen-bond acceptors (Lipinski definition) is 4. The van der Waals surface area contributed by atoms with Crippen LogP contribution in [0, 0.1) is 12.7 Å². The summed E-state index contributed by atoms with van der Waals surface area (Å²) >= 11 is 0. The lowest BCUT2D eigenvalue weighted by atomic mass is 10.2. The molecule has 0 aliphatic rings. The van der Waals surface area contributed by atoms with Gasteiger partial charge >= 0.3 is 6.36 Å². The quantitative estimate of drug-likeness (QED) is 0.488. The van der Waals surface area contributed by atoms with Crippen LogP contribution in [0.25, 0.3) is 0 Å². The second-order valence-corrected chi connectivity index (χ2v) is 8.78. The van der Waals surface area contributed by atoms with Gasteiger partial charge in [-0.2, -0.15) is 0 Å². The van der Waals surface area contributed by atoms with Crippen molar-refractivity contribution in [3.05, 3.63) is 84.2 Å². The van der Waals surface area contributed by atoms with Crippen LogP contribution < -0.4 is 14.4 Å². The third kappa shape index (κ3) is 6.45. The average Bonchev–Trinajstić information content (AvgIpc) is 2.73. The van der Waals surface area contributed by atoms with E-state index >= 15 is 0 Å². The van der Waals surface area contributed by atoms with Gasteiger partial charge in [0.05, 0.1) is 10.6 Å².